The molecule has 0 aliphatic heterocycles. The minimum Gasteiger partial charge on any atom is -0.396 e. The van der Waals surface area contributed by atoms with Crippen molar-refractivity contribution in [3.8, 4) is 0 Å². The topological polar surface area (TPSA) is 64.2 Å². The van der Waals surface area contributed by atoms with Gasteiger partial charge < -0.3 is 10.6 Å². The summed E-state index contributed by atoms with van der Waals surface area (Å²) in [5, 5.41) is 4.04. The highest BCUT2D eigenvalue weighted by atomic mass is 16.2. The zero-order valence-corrected chi connectivity index (χ0v) is 12.8. The highest BCUT2D eigenvalue weighted by molar-refractivity contribution is 5.97. The van der Waals surface area contributed by atoms with Crippen molar-refractivity contribution in [1.82, 2.24) is 14.7 Å². The number of aromatic nitrogens is 2. The van der Waals surface area contributed by atoms with Gasteiger partial charge in [-0.05, 0) is 18.9 Å². The average molecular weight is 286 g/mol. The molecule has 2 rings (SSSR count). The van der Waals surface area contributed by atoms with E-state index in [4.69, 9.17) is 5.73 Å². The van der Waals surface area contributed by atoms with Crippen LogP contribution in [0.5, 0.6) is 0 Å². The number of anilines is 1. The number of carbonyl (C=O) groups excluding carboxylic acids is 1. The number of amides is 1. The fourth-order valence-electron chi connectivity index (χ4n) is 2.30. The summed E-state index contributed by atoms with van der Waals surface area (Å²) in [4.78, 5) is 14.5. The first-order chi connectivity index (χ1) is 10.0. The van der Waals surface area contributed by atoms with Gasteiger partial charge in [0.1, 0.15) is 5.69 Å². The third-order valence-electron chi connectivity index (χ3n) is 3.44. The molecule has 0 fully saturated rings. The Hall–Kier alpha value is -2.30. The highest BCUT2D eigenvalue weighted by Crippen LogP contribution is 2.15. The molecule has 0 atom stereocenters. The average Bonchev–Trinajstić information content (AvgIpc) is 2.79. The van der Waals surface area contributed by atoms with E-state index >= 15 is 0 Å². The number of benzene rings is 1. The molecule has 2 aromatic rings. The molecule has 0 spiro atoms. The van der Waals surface area contributed by atoms with Gasteiger partial charge >= 0.3 is 0 Å². The van der Waals surface area contributed by atoms with Gasteiger partial charge in [-0.2, -0.15) is 5.10 Å². The van der Waals surface area contributed by atoms with Crippen LogP contribution in [0.4, 0.5) is 5.69 Å². The van der Waals surface area contributed by atoms with Crippen LogP contribution in [-0.4, -0.2) is 27.1 Å². The van der Waals surface area contributed by atoms with E-state index in [0.29, 0.717) is 24.5 Å². The summed E-state index contributed by atoms with van der Waals surface area (Å²) in [6.45, 7) is 5.38. The number of nitrogen functional groups attached to an aromatic ring is 1. The SMILES string of the molecule is CCCN(Cc1ccc(C)cc1)C(=O)c1c(N)cnn1C. The standard InChI is InChI=1S/C16H22N4O/c1-4-9-20(11-13-7-5-12(2)6-8-13)16(21)15-14(17)10-18-19(15)3/h5-8,10H,4,9,11,17H2,1-3H3. The van der Waals surface area contributed by atoms with Gasteiger partial charge in [-0.3, -0.25) is 9.48 Å². The quantitative estimate of drug-likeness (QED) is 0.917. The maximum atomic E-state index is 12.7. The second-order valence-corrected chi connectivity index (χ2v) is 5.28. The van der Waals surface area contributed by atoms with E-state index in [1.54, 1.807) is 7.05 Å². The first-order valence-corrected chi connectivity index (χ1v) is 7.15. The van der Waals surface area contributed by atoms with Crippen molar-refractivity contribution in [1.29, 1.82) is 0 Å². The van der Waals surface area contributed by atoms with Crippen LogP contribution in [0.25, 0.3) is 0 Å². The molecule has 1 aromatic carbocycles. The number of aryl methyl sites for hydroxylation is 2. The maximum Gasteiger partial charge on any atom is 0.274 e. The molecule has 0 bridgehead atoms. The Balaban J connectivity index is 2.22. The Bertz CT molecular complexity index is 596. The van der Waals surface area contributed by atoms with E-state index < -0.39 is 0 Å². The van der Waals surface area contributed by atoms with Crippen molar-refractivity contribution in [3.05, 3.63) is 47.3 Å². The van der Waals surface area contributed by atoms with Gasteiger partial charge in [-0.25, -0.2) is 0 Å². The van der Waals surface area contributed by atoms with Gasteiger partial charge in [0.15, 0.2) is 0 Å². The lowest BCUT2D eigenvalue weighted by Crippen LogP contribution is -2.33. The summed E-state index contributed by atoms with van der Waals surface area (Å²) in [6, 6.07) is 8.22. The van der Waals surface area contributed by atoms with Crippen LogP contribution in [0, 0.1) is 6.92 Å². The van der Waals surface area contributed by atoms with E-state index in [1.165, 1.54) is 16.4 Å². The first-order valence-electron chi connectivity index (χ1n) is 7.15. The number of rotatable bonds is 5. The molecule has 0 unspecified atom stereocenters. The molecular weight excluding hydrogens is 264 g/mol. The second kappa shape index (κ2) is 6.43. The number of nitrogens with zero attached hydrogens (tertiary/aromatic N) is 3. The molecule has 5 heteroatoms. The summed E-state index contributed by atoms with van der Waals surface area (Å²) in [6.07, 6.45) is 2.42. The number of hydrogen-bond acceptors (Lipinski definition) is 3. The van der Waals surface area contributed by atoms with Crippen LogP contribution in [0.2, 0.25) is 0 Å². The second-order valence-electron chi connectivity index (χ2n) is 5.28. The zero-order chi connectivity index (χ0) is 15.4. The van der Waals surface area contributed by atoms with Crippen LogP contribution in [0.3, 0.4) is 0 Å². The fraction of sp³-hybridized carbons (Fsp3) is 0.375. The van der Waals surface area contributed by atoms with Gasteiger partial charge in [0.2, 0.25) is 0 Å². The molecule has 0 radical (unpaired) electrons. The van der Waals surface area contributed by atoms with Crippen LogP contribution in [0.1, 0.15) is 35.0 Å². The Kier molecular flexibility index (Phi) is 4.62. The molecule has 112 valence electrons. The zero-order valence-electron chi connectivity index (χ0n) is 12.8. The molecular formula is C16H22N4O. The van der Waals surface area contributed by atoms with E-state index in [0.717, 1.165) is 12.0 Å². The lowest BCUT2D eigenvalue weighted by Gasteiger charge is -2.22. The minimum atomic E-state index is -0.0741. The lowest BCUT2D eigenvalue weighted by molar-refractivity contribution is 0.0733. The summed E-state index contributed by atoms with van der Waals surface area (Å²) >= 11 is 0. The predicted molar refractivity (Wildman–Crippen MR) is 83.8 cm³/mol. The normalized spacial score (nSPS) is 10.6. The van der Waals surface area contributed by atoms with E-state index in [-0.39, 0.29) is 5.91 Å². The summed E-state index contributed by atoms with van der Waals surface area (Å²) in [5.41, 5.74) is 9.06. The van der Waals surface area contributed by atoms with Gasteiger partial charge in [0.05, 0.1) is 11.9 Å². The number of nitrogens with two attached hydrogens (primary N) is 1. The number of carbonyl (C=O) groups is 1. The summed E-state index contributed by atoms with van der Waals surface area (Å²) < 4.78 is 1.54. The Labute approximate surface area is 125 Å². The predicted octanol–water partition coefficient (Wildman–Crippen LogP) is 2.36. The van der Waals surface area contributed by atoms with E-state index in [9.17, 15) is 4.79 Å². The summed E-state index contributed by atoms with van der Waals surface area (Å²) in [7, 11) is 1.74. The molecule has 0 saturated heterocycles. The fourth-order valence-corrected chi connectivity index (χ4v) is 2.30. The van der Waals surface area contributed by atoms with Gasteiger partial charge in [0.25, 0.3) is 5.91 Å². The smallest absolute Gasteiger partial charge is 0.274 e. The maximum absolute atomic E-state index is 12.7. The molecule has 2 N–H and O–H groups in total. The van der Waals surface area contributed by atoms with Crippen LogP contribution in [-0.2, 0) is 13.6 Å². The van der Waals surface area contributed by atoms with Crippen molar-refractivity contribution in [2.45, 2.75) is 26.8 Å². The minimum absolute atomic E-state index is 0.0741. The lowest BCUT2D eigenvalue weighted by atomic mass is 10.1. The molecule has 5 nitrogen and oxygen atoms in total. The molecule has 1 heterocycles. The molecule has 1 amide bonds. The third-order valence-corrected chi connectivity index (χ3v) is 3.44. The van der Waals surface area contributed by atoms with Gasteiger partial charge in [-0.15, -0.1) is 0 Å². The van der Waals surface area contributed by atoms with Gasteiger partial charge in [-0.1, -0.05) is 36.8 Å². The number of hydrogen-bond donors (Lipinski definition) is 1. The van der Waals surface area contributed by atoms with Crippen LogP contribution in [0.15, 0.2) is 30.5 Å². The van der Waals surface area contributed by atoms with Crippen molar-refractivity contribution in [2.75, 3.05) is 12.3 Å². The first kappa shape index (κ1) is 15.1. The third kappa shape index (κ3) is 3.42. The Morgan fingerprint density at radius 3 is 2.52 bits per heavy atom. The highest BCUT2D eigenvalue weighted by Gasteiger charge is 2.21. The van der Waals surface area contributed by atoms with Gasteiger partial charge in [0, 0.05) is 20.1 Å². The monoisotopic (exact) mass is 286 g/mol. The van der Waals surface area contributed by atoms with Crippen molar-refractivity contribution in [2.24, 2.45) is 7.05 Å². The van der Waals surface area contributed by atoms with Crippen molar-refractivity contribution < 1.29 is 4.79 Å². The van der Waals surface area contributed by atoms with E-state index in [1.807, 2.05) is 4.90 Å². The summed E-state index contributed by atoms with van der Waals surface area (Å²) in [5.74, 6) is -0.0741. The van der Waals surface area contributed by atoms with E-state index in [2.05, 4.69) is 43.2 Å². The molecule has 0 aliphatic carbocycles. The Morgan fingerprint density at radius 2 is 2.00 bits per heavy atom. The molecule has 0 aliphatic rings. The largest absolute Gasteiger partial charge is 0.396 e. The molecule has 0 saturated carbocycles. The van der Waals surface area contributed by atoms with Crippen molar-refractivity contribution >= 4 is 11.6 Å². The van der Waals surface area contributed by atoms with Crippen LogP contribution < -0.4 is 5.73 Å². The van der Waals surface area contributed by atoms with Crippen molar-refractivity contribution in [3.63, 3.8) is 0 Å². The molecule has 1 aromatic heterocycles. The van der Waals surface area contributed by atoms with Crippen LogP contribution >= 0.6 is 0 Å². The Morgan fingerprint density at radius 1 is 1.33 bits per heavy atom. The molecule has 21 heavy (non-hydrogen) atoms.